The molecule has 0 heterocycles. The Morgan fingerprint density at radius 1 is 0.692 bits per heavy atom. The molecule has 0 fully saturated rings. The monoisotopic (exact) mass is 354 g/mol. The van der Waals surface area contributed by atoms with Gasteiger partial charge in [-0.25, -0.2) is 9.98 Å². The molecule has 0 aliphatic heterocycles. The summed E-state index contributed by atoms with van der Waals surface area (Å²) < 4.78 is 0. The van der Waals surface area contributed by atoms with Gasteiger partial charge < -0.3 is 9.68 Å². The number of nitrogens with one attached hydrogen (secondary N) is 2. The van der Waals surface area contributed by atoms with Gasteiger partial charge in [0, 0.05) is 13.8 Å². The van der Waals surface area contributed by atoms with Crippen LogP contribution in [-0.2, 0) is 19.3 Å². The van der Waals surface area contributed by atoms with Gasteiger partial charge in [-0.15, -0.1) is 0 Å². The summed E-state index contributed by atoms with van der Waals surface area (Å²) in [5.74, 6) is -1.04. The highest BCUT2D eigenvalue weighted by Gasteiger charge is 2.13. The number of hydrogen-bond acceptors (Lipinski definition) is 6. The van der Waals surface area contributed by atoms with Crippen molar-refractivity contribution in [2.45, 2.75) is 13.8 Å². The van der Waals surface area contributed by atoms with Gasteiger partial charge >= 0.3 is 11.9 Å². The van der Waals surface area contributed by atoms with Crippen molar-refractivity contribution in [1.29, 1.82) is 0 Å². The van der Waals surface area contributed by atoms with E-state index in [1.54, 1.807) is 48.5 Å². The second kappa shape index (κ2) is 9.58. The Morgan fingerprint density at radius 2 is 1.04 bits per heavy atom. The molecule has 0 aliphatic carbocycles. The standard InChI is InChI=1S/C18H18N4O4/c1-13(23)25-21-17(19-15-9-5-3-6-10-15)18(22-26-14(2)24)20-16-11-7-4-8-12-16/h3-12H,1-2H3,(H,19,21)(H,20,22). The fourth-order valence-corrected chi connectivity index (χ4v) is 1.75. The SMILES string of the molecule is CC(=O)ONC(=Nc1ccccc1)C(=Nc1ccccc1)NOC(C)=O. The van der Waals surface area contributed by atoms with Crippen LogP contribution in [0.4, 0.5) is 11.4 Å². The number of aliphatic imine (C=N–C) groups is 2. The zero-order valence-electron chi connectivity index (χ0n) is 14.3. The zero-order chi connectivity index (χ0) is 18.8. The lowest BCUT2D eigenvalue weighted by Gasteiger charge is -2.13. The molecule has 0 atom stereocenters. The largest absolute Gasteiger partial charge is 0.342 e. The number of benzene rings is 2. The van der Waals surface area contributed by atoms with Crippen LogP contribution in [0, 0.1) is 0 Å². The molecule has 0 saturated heterocycles. The highest BCUT2D eigenvalue weighted by Crippen LogP contribution is 2.13. The molecule has 0 aromatic heterocycles. The van der Waals surface area contributed by atoms with Crippen LogP contribution in [0.25, 0.3) is 0 Å². The maximum atomic E-state index is 11.2. The summed E-state index contributed by atoms with van der Waals surface area (Å²) in [6, 6.07) is 17.9. The molecule has 2 rings (SSSR count). The van der Waals surface area contributed by atoms with Gasteiger partial charge in [0.1, 0.15) is 0 Å². The quantitative estimate of drug-likeness (QED) is 0.488. The first-order valence-corrected chi connectivity index (χ1v) is 7.69. The van der Waals surface area contributed by atoms with Crippen molar-refractivity contribution in [1.82, 2.24) is 11.0 Å². The van der Waals surface area contributed by atoms with Crippen molar-refractivity contribution in [3.63, 3.8) is 0 Å². The zero-order valence-corrected chi connectivity index (χ0v) is 14.3. The van der Waals surface area contributed by atoms with E-state index < -0.39 is 11.9 Å². The Bertz CT molecular complexity index is 735. The first kappa shape index (κ1) is 18.7. The molecule has 2 N–H and O–H groups in total. The number of carbonyl (C=O) groups is 2. The maximum absolute atomic E-state index is 11.2. The predicted molar refractivity (Wildman–Crippen MR) is 96.9 cm³/mol. The van der Waals surface area contributed by atoms with E-state index in [-0.39, 0.29) is 11.7 Å². The van der Waals surface area contributed by atoms with Crippen molar-refractivity contribution >= 4 is 35.0 Å². The van der Waals surface area contributed by atoms with Crippen molar-refractivity contribution in [2.24, 2.45) is 9.98 Å². The van der Waals surface area contributed by atoms with Crippen LogP contribution in [0.3, 0.4) is 0 Å². The van der Waals surface area contributed by atoms with E-state index in [0.29, 0.717) is 11.4 Å². The van der Waals surface area contributed by atoms with Gasteiger partial charge in [-0.1, -0.05) is 36.4 Å². The van der Waals surface area contributed by atoms with Crippen molar-refractivity contribution in [2.75, 3.05) is 0 Å². The lowest BCUT2D eigenvalue weighted by Crippen LogP contribution is -2.41. The third-order valence-electron chi connectivity index (χ3n) is 2.80. The third-order valence-corrected chi connectivity index (χ3v) is 2.80. The molecule has 26 heavy (non-hydrogen) atoms. The van der Waals surface area contributed by atoms with Gasteiger partial charge in [0.2, 0.25) is 11.7 Å². The first-order valence-electron chi connectivity index (χ1n) is 7.69. The Hall–Kier alpha value is -3.68. The van der Waals surface area contributed by atoms with Gasteiger partial charge in [0.25, 0.3) is 0 Å². The topological polar surface area (TPSA) is 101 Å². The number of nitrogens with zero attached hydrogens (tertiary/aromatic N) is 2. The molecule has 0 unspecified atom stereocenters. The van der Waals surface area contributed by atoms with Crippen molar-refractivity contribution < 1.29 is 19.3 Å². The first-order chi connectivity index (χ1) is 12.5. The summed E-state index contributed by atoms with van der Waals surface area (Å²) >= 11 is 0. The minimum absolute atomic E-state index is 0.0523. The molecule has 8 heteroatoms. The number of amidine groups is 2. The number of rotatable bonds is 2. The van der Waals surface area contributed by atoms with Crippen LogP contribution in [0.15, 0.2) is 70.6 Å². The van der Waals surface area contributed by atoms with Crippen LogP contribution in [-0.4, -0.2) is 23.6 Å². The lowest BCUT2D eigenvalue weighted by molar-refractivity contribution is -0.146. The number of hydroxylamine groups is 2. The number of carbonyl (C=O) groups excluding carboxylic acids is 2. The second-order valence-electron chi connectivity index (χ2n) is 4.98. The highest BCUT2D eigenvalue weighted by atomic mass is 16.7. The van der Waals surface area contributed by atoms with E-state index in [9.17, 15) is 9.59 Å². The molecule has 0 spiro atoms. The molecule has 0 bridgehead atoms. The molecule has 8 nitrogen and oxygen atoms in total. The highest BCUT2D eigenvalue weighted by molar-refractivity contribution is 6.41. The molecule has 2 aromatic carbocycles. The molecule has 2 aromatic rings. The summed E-state index contributed by atoms with van der Waals surface area (Å²) in [7, 11) is 0. The summed E-state index contributed by atoms with van der Waals surface area (Å²) in [5, 5.41) is 0. The minimum Gasteiger partial charge on any atom is -0.342 e. The van der Waals surface area contributed by atoms with Crippen molar-refractivity contribution in [3.05, 3.63) is 60.7 Å². The van der Waals surface area contributed by atoms with Gasteiger partial charge in [-0.2, -0.15) is 11.0 Å². The normalized spacial score (nSPS) is 11.5. The van der Waals surface area contributed by atoms with Crippen LogP contribution >= 0.6 is 0 Å². The fraction of sp³-hybridized carbons (Fsp3) is 0.111. The molecule has 0 saturated carbocycles. The average molecular weight is 354 g/mol. The van der Waals surface area contributed by atoms with Gasteiger partial charge in [0.05, 0.1) is 11.4 Å². The molecule has 134 valence electrons. The molecular weight excluding hydrogens is 336 g/mol. The van der Waals surface area contributed by atoms with E-state index in [2.05, 4.69) is 20.9 Å². The molecule has 0 amide bonds. The van der Waals surface area contributed by atoms with E-state index >= 15 is 0 Å². The number of para-hydroxylation sites is 2. The number of hydrogen-bond donors (Lipinski definition) is 2. The van der Waals surface area contributed by atoms with E-state index in [1.807, 2.05) is 12.1 Å². The maximum Gasteiger partial charge on any atom is 0.329 e. The Balaban J connectivity index is 2.41. The van der Waals surface area contributed by atoms with Gasteiger partial charge in [0.15, 0.2) is 0 Å². The lowest BCUT2D eigenvalue weighted by atomic mass is 10.3. The summed E-state index contributed by atoms with van der Waals surface area (Å²) in [4.78, 5) is 40.7. The van der Waals surface area contributed by atoms with Crippen molar-refractivity contribution in [3.8, 4) is 0 Å². The van der Waals surface area contributed by atoms with Gasteiger partial charge in [-0.3, -0.25) is 9.59 Å². The summed E-state index contributed by atoms with van der Waals surface area (Å²) in [6.45, 7) is 2.47. The molecular formula is C18H18N4O4. The molecule has 0 aliphatic rings. The summed E-state index contributed by atoms with van der Waals surface area (Å²) in [6.07, 6.45) is 0. The van der Waals surface area contributed by atoms with Gasteiger partial charge in [-0.05, 0) is 24.3 Å². The predicted octanol–water partition coefficient (Wildman–Crippen LogP) is 2.58. The van der Waals surface area contributed by atoms with E-state index in [1.165, 1.54) is 13.8 Å². The van der Waals surface area contributed by atoms with E-state index in [0.717, 1.165) is 0 Å². The Labute approximate surface area is 150 Å². The van der Waals surface area contributed by atoms with Crippen LogP contribution < -0.4 is 11.0 Å². The molecule has 0 radical (unpaired) electrons. The Morgan fingerprint density at radius 3 is 1.35 bits per heavy atom. The third kappa shape index (κ3) is 6.44. The van der Waals surface area contributed by atoms with Crippen LogP contribution in [0.2, 0.25) is 0 Å². The Kier molecular flexibility index (Phi) is 6.87. The smallest absolute Gasteiger partial charge is 0.329 e. The van der Waals surface area contributed by atoms with Crippen LogP contribution in [0.1, 0.15) is 13.8 Å². The average Bonchev–Trinajstić information content (AvgIpc) is 2.63. The minimum atomic E-state index is -0.572. The van der Waals surface area contributed by atoms with Crippen LogP contribution in [0.5, 0.6) is 0 Å². The van der Waals surface area contributed by atoms with E-state index in [4.69, 9.17) is 9.68 Å². The second-order valence-corrected chi connectivity index (χ2v) is 4.98. The fourth-order valence-electron chi connectivity index (χ4n) is 1.75. The summed E-state index contributed by atoms with van der Waals surface area (Å²) in [5.41, 5.74) is 6.01.